The highest BCUT2D eigenvalue weighted by atomic mass is 16.2. The third-order valence-corrected chi connectivity index (χ3v) is 4.15. The molecule has 1 aliphatic heterocycles. The molecule has 0 bridgehead atoms. The fraction of sp³-hybridized carbons (Fsp3) is 0.562. The number of amides is 1. The van der Waals surface area contributed by atoms with Gasteiger partial charge in [-0.15, -0.1) is 0 Å². The fourth-order valence-electron chi connectivity index (χ4n) is 2.97. The first kappa shape index (κ1) is 14.1. The minimum Gasteiger partial charge on any atom is -0.316 e. The Bertz CT molecular complexity index is 433. The molecular weight excluding hydrogens is 236 g/mol. The molecule has 1 N–H and O–H groups in total. The largest absolute Gasteiger partial charge is 0.316 e. The Hall–Kier alpha value is -1.35. The number of carbonyl (C=O) groups excluding carboxylic acids is 1. The molecule has 0 saturated carbocycles. The quantitative estimate of drug-likeness (QED) is 0.903. The molecule has 1 atom stereocenters. The topological polar surface area (TPSA) is 32.3 Å². The molecule has 0 spiro atoms. The first-order valence-corrected chi connectivity index (χ1v) is 7.14. The minimum absolute atomic E-state index is 0.200. The molecule has 1 amide bonds. The Morgan fingerprint density at radius 1 is 1.37 bits per heavy atom. The smallest absolute Gasteiger partial charge is 0.234 e. The summed E-state index contributed by atoms with van der Waals surface area (Å²) in [5.41, 5.74) is 2.00. The van der Waals surface area contributed by atoms with E-state index in [9.17, 15) is 4.79 Å². The van der Waals surface area contributed by atoms with Crippen LogP contribution in [0.3, 0.4) is 0 Å². The van der Waals surface area contributed by atoms with Crippen LogP contribution in [0.25, 0.3) is 0 Å². The third-order valence-electron chi connectivity index (χ3n) is 4.15. The van der Waals surface area contributed by atoms with Crippen LogP contribution < -0.4 is 10.2 Å². The summed E-state index contributed by atoms with van der Waals surface area (Å²) in [7, 11) is 1.89. The average molecular weight is 260 g/mol. The number of rotatable bonds is 4. The Labute approximate surface area is 116 Å². The predicted molar refractivity (Wildman–Crippen MR) is 79.4 cm³/mol. The number of nitrogens with one attached hydrogen (secondary N) is 1. The van der Waals surface area contributed by atoms with Gasteiger partial charge < -0.3 is 10.2 Å². The van der Waals surface area contributed by atoms with Gasteiger partial charge in [0.2, 0.25) is 5.91 Å². The summed E-state index contributed by atoms with van der Waals surface area (Å²) in [5.74, 6) is 0.253. The van der Waals surface area contributed by atoms with Crippen LogP contribution in [0.1, 0.15) is 31.7 Å². The summed E-state index contributed by atoms with van der Waals surface area (Å²) in [6, 6.07) is 8.15. The molecule has 0 radical (unpaired) electrons. The monoisotopic (exact) mass is 260 g/mol. The third kappa shape index (κ3) is 2.81. The second kappa shape index (κ2) is 5.74. The van der Waals surface area contributed by atoms with Crippen LogP contribution in [0, 0.1) is 12.3 Å². The maximum Gasteiger partial charge on any atom is 0.234 e. The van der Waals surface area contributed by atoms with Crippen molar-refractivity contribution in [3.63, 3.8) is 0 Å². The van der Waals surface area contributed by atoms with Gasteiger partial charge in [-0.2, -0.15) is 0 Å². The van der Waals surface area contributed by atoms with Crippen molar-refractivity contribution in [1.29, 1.82) is 0 Å². The molecule has 1 fully saturated rings. The first-order valence-electron chi connectivity index (χ1n) is 7.14. The van der Waals surface area contributed by atoms with Gasteiger partial charge in [-0.1, -0.05) is 31.0 Å². The molecule has 1 unspecified atom stereocenters. The maximum absolute atomic E-state index is 12.8. The molecule has 1 saturated heterocycles. The van der Waals surface area contributed by atoms with Crippen molar-refractivity contribution < 1.29 is 4.79 Å². The SMILES string of the molecule is CCCC1(C(=O)N(C)c2ccc(C)cc2)CCNC1. The lowest BCUT2D eigenvalue weighted by Crippen LogP contribution is -2.43. The lowest BCUT2D eigenvalue weighted by Gasteiger charge is -2.31. The summed E-state index contributed by atoms with van der Waals surface area (Å²) >= 11 is 0. The lowest BCUT2D eigenvalue weighted by atomic mass is 9.81. The van der Waals surface area contributed by atoms with E-state index in [0.717, 1.165) is 38.0 Å². The van der Waals surface area contributed by atoms with Gasteiger partial charge in [0.25, 0.3) is 0 Å². The van der Waals surface area contributed by atoms with E-state index in [1.54, 1.807) is 0 Å². The molecule has 3 nitrogen and oxygen atoms in total. The number of hydrogen-bond acceptors (Lipinski definition) is 2. The van der Waals surface area contributed by atoms with Crippen LogP contribution in [0.15, 0.2) is 24.3 Å². The number of aryl methyl sites for hydroxylation is 1. The van der Waals surface area contributed by atoms with Crippen molar-refractivity contribution in [3.8, 4) is 0 Å². The second-order valence-electron chi connectivity index (χ2n) is 5.66. The molecule has 1 aromatic rings. The van der Waals surface area contributed by atoms with Crippen LogP contribution in [-0.2, 0) is 4.79 Å². The van der Waals surface area contributed by atoms with E-state index in [1.165, 1.54) is 5.56 Å². The van der Waals surface area contributed by atoms with E-state index in [2.05, 4.69) is 31.3 Å². The normalized spacial score (nSPS) is 22.5. The number of anilines is 1. The van der Waals surface area contributed by atoms with E-state index >= 15 is 0 Å². The summed E-state index contributed by atoms with van der Waals surface area (Å²) in [4.78, 5) is 14.7. The van der Waals surface area contributed by atoms with Gasteiger partial charge in [0.15, 0.2) is 0 Å². The van der Waals surface area contributed by atoms with Crippen molar-refractivity contribution in [2.45, 2.75) is 33.1 Å². The molecule has 19 heavy (non-hydrogen) atoms. The summed E-state index contributed by atoms with van der Waals surface area (Å²) < 4.78 is 0. The van der Waals surface area contributed by atoms with Gasteiger partial charge in [0.05, 0.1) is 5.41 Å². The van der Waals surface area contributed by atoms with Gasteiger partial charge >= 0.3 is 0 Å². The van der Waals surface area contributed by atoms with Crippen molar-refractivity contribution in [2.75, 3.05) is 25.0 Å². The van der Waals surface area contributed by atoms with Crippen LogP contribution in [0.2, 0.25) is 0 Å². The Morgan fingerprint density at radius 2 is 2.05 bits per heavy atom. The number of nitrogens with zero attached hydrogens (tertiary/aromatic N) is 1. The first-order chi connectivity index (χ1) is 9.09. The molecule has 1 heterocycles. The van der Waals surface area contributed by atoms with Crippen molar-refractivity contribution in [1.82, 2.24) is 5.32 Å². The van der Waals surface area contributed by atoms with Gasteiger partial charge in [-0.25, -0.2) is 0 Å². The van der Waals surface area contributed by atoms with Crippen LogP contribution in [0.4, 0.5) is 5.69 Å². The highest BCUT2D eigenvalue weighted by molar-refractivity contribution is 5.97. The van der Waals surface area contributed by atoms with Crippen LogP contribution in [-0.4, -0.2) is 26.0 Å². The number of benzene rings is 1. The van der Waals surface area contributed by atoms with Crippen LogP contribution >= 0.6 is 0 Å². The molecule has 104 valence electrons. The summed E-state index contributed by atoms with van der Waals surface area (Å²) in [6.07, 6.45) is 2.97. The van der Waals surface area contributed by atoms with Crippen LogP contribution in [0.5, 0.6) is 0 Å². The Kier molecular flexibility index (Phi) is 4.25. The van der Waals surface area contributed by atoms with E-state index in [-0.39, 0.29) is 11.3 Å². The zero-order valence-electron chi connectivity index (χ0n) is 12.2. The summed E-state index contributed by atoms with van der Waals surface area (Å²) in [6.45, 7) is 5.98. The highest BCUT2D eigenvalue weighted by Gasteiger charge is 2.42. The van der Waals surface area contributed by atoms with Crippen molar-refractivity contribution in [3.05, 3.63) is 29.8 Å². The van der Waals surface area contributed by atoms with E-state index < -0.39 is 0 Å². The molecular formula is C16H24N2O. The zero-order chi connectivity index (χ0) is 13.9. The van der Waals surface area contributed by atoms with Gasteiger partial charge in [0, 0.05) is 19.3 Å². The van der Waals surface area contributed by atoms with E-state index in [0.29, 0.717) is 0 Å². The maximum atomic E-state index is 12.8. The zero-order valence-corrected chi connectivity index (χ0v) is 12.2. The summed E-state index contributed by atoms with van der Waals surface area (Å²) in [5, 5.41) is 3.35. The van der Waals surface area contributed by atoms with E-state index in [1.807, 2.05) is 24.1 Å². The molecule has 2 rings (SSSR count). The molecule has 0 aromatic heterocycles. The highest BCUT2D eigenvalue weighted by Crippen LogP contribution is 2.34. The molecule has 0 aliphatic carbocycles. The van der Waals surface area contributed by atoms with Gasteiger partial charge in [-0.05, 0) is 38.4 Å². The molecule has 3 heteroatoms. The van der Waals surface area contributed by atoms with Crippen molar-refractivity contribution >= 4 is 11.6 Å². The lowest BCUT2D eigenvalue weighted by molar-refractivity contribution is -0.127. The van der Waals surface area contributed by atoms with Crippen molar-refractivity contribution in [2.24, 2.45) is 5.41 Å². The minimum atomic E-state index is -0.200. The Morgan fingerprint density at radius 3 is 2.58 bits per heavy atom. The Balaban J connectivity index is 2.19. The van der Waals surface area contributed by atoms with E-state index in [4.69, 9.17) is 0 Å². The number of hydrogen-bond donors (Lipinski definition) is 1. The predicted octanol–water partition coefficient (Wildman–Crippen LogP) is 2.74. The molecule has 1 aromatic carbocycles. The second-order valence-corrected chi connectivity index (χ2v) is 5.66. The fourth-order valence-corrected chi connectivity index (χ4v) is 2.97. The number of carbonyl (C=O) groups is 1. The van der Waals surface area contributed by atoms with Gasteiger partial charge in [-0.3, -0.25) is 4.79 Å². The van der Waals surface area contributed by atoms with Gasteiger partial charge in [0.1, 0.15) is 0 Å². The standard InChI is InChI=1S/C16H24N2O/c1-4-9-16(10-11-17-12-16)15(19)18(3)14-7-5-13(2)6-8-14/h5-8,17H,4,9-12H2,1-3H3. The average Bonchev–Trinajstić information content (AvgIpc) is 2.88. The molecule has 1 aliphatic rings.